The van der Waals surface area contributed by atoms with Crippen LogP contribution in [0.1, 0.15) is 54.9 Å². The smallest absolute Gasteiger partial charge is 0.224 e. The van der Waals surface area contributed by atoms with Crippen molar-refractivity contribution in [1.82, 2.24) is 20.4 Å². The van der Waals surface area contributed by atoms with Crippen molar-refractivity contribution < 1.29 is 4.79 Å². The van der Waals surface area contributed by atoms with Crippen LogP contribution in [0, 0.1) is 0 Å². The predicted molar refractivity (Wildman–Crippen MR) is 104 cm³/mol. The van der Waals surface area contributed by atoms with Crippen LogP contribution in [0.3, 0.4) is 0 Å². The largest absolute Gasteiger partial charge is 0.357 e. The van der Waals surface area contributed by atoms with E-state index < -0.39 is 0 Å². The molecule has 0 unspecified atom stereocenters. The Labute approximate surface area is 149 Å². The monoisotopic (exact) mass is 341 g/mol. The lowest BCUT2D eigenvalue weighted by Gasteiger charge is -2.29. The molecule has 0 fully saturated rings. The summed E-state index contributed by atoms with van der Waals surface area (Å²) >= 11 is 0. The van der Waals surface area contributed by atoms with E-state index in [1.807, 2.05) is 25.7 Å². The molecule has 0 atom stereocenters. The quantitative estimate of drug-likeness (QED) is 0.445. The van der Waals surface area contributed by atoms with Crippen LogP contribution >= 0.6 is 0 Å². The third-order valence-electron chi connectivity index (χ3n) is 4.05. The molecule has 2 N–H and O–H groups in total. The van der Waals surface area contributed by atoms with E-state index in [1.165, 1.54) is 0 Å². The van der Waals surface area contributed by atoms with E-state index >= 15 is 0 Å². The highest BCUT2D eigenvalue weighted by Gasteiger charge is 2.12. The first-order valence-electron chi connectivity index (χ1n) is 9.42. The minimum atomic E-state index is 0.189. The van der Waals surface area contributed by atoms with Crippen molar-refractivity contribution in [3.63, 3.8) is 0 Å². The van der Waals surface area contributed by atoms with Crippen LogP contribution in [0.4, 0.5) is 0 Å². The highest BCUT2D eigenvalue weighted by atomic mass is 16.2. The number of amides is 1. The molecule has 6 nitrogen and oxygen atoms in total. The van der Waals surface area contributed by atoms with E-state index in [-0.39, 0.29) is 5.91 Å². The number of guanidine groups is 1. The molecule has 0 rings (SSSR count). The zero-order chi connectivity index (χ0) is 18.5. The van der Waals surface area contributed by atoms with Crippen LogP contribution in [-0.2, 0) is 4.79 Å². The Balaban J connectivity index is 4.40. The summed E-state index contributed by atoms with van der Waals surface area (Å²) in [5, 5.41) is 6.50. The third kappa shape index (κ3) is 9.11. The van der Waals surface area contributed by atoms with Crippen molar-refractivity contribution in [3.05, 3.63) is 0 Å². The first kappa shape index (κ1) is 22.7. The van der Waals surface area contributed by atoms with Crippen molar-refractivity contribution in [1.29, 1.82) is 0 Å². The van der Waals surface area contributed by atoms with Crippen LogP contribution < -0.4 is 10.6 Å². The van der Waals surface area contributed by atoms with Gasteiger partial charge in [-0.25, -0.2) is 0 Å². The van der Waals surface area contributed by atoms with Gasteiger partial charge in [-0.2, -0.15) is 0 Å². The van der Waals surface area contributed by atoms with E-state index in [4.69, 9.17) is 0 Å². The normalized spacial score (nSPS) is 12.2. The van der Waals surface area contributed by atoms with Gasteiger partial charge in [0.1, 0.15) is 0 Å². The zero-order valence-corrected chi connectivity index (χ0v) is 16.9. The number of aliphatic imine (C=N–C) groups is 1. The second-order valence-corrected chi connectivity index (χ2v) is 6.43. The van der Waals surface area contributed by atoms with Crippen LogP contribution in [0.15, 0.2) is 4.99 Å². The standard InChI is InChI=1S/C18H39N5O/c1-8-19-18(20-12-11-17(24)22(9-2)10-3)21-13-14-23(15(4)5)16(6)7/h15-16H,8-14H2,1-7H3,(H2,19,20,21). The summed E-state index contributed by atoms with van der Waals surface area (Å²) in [6, 6.07) is 1.03. The Bertz CT molecular complexity index is 356. The molecule has 0 saturated heterocycles. The van der Waals surface area contributed by atoms with Crippen LogP contribution in [0.25, 0.3) is 0 Å². The van der Waals surface area contributed by atoms with E-state index in [2.05, 4.69) is 48.2 Å². The first-order chi connectivity index (χ1) is 11.4. The maximum atomic E-state index is 12.0. The molecule has 6 heteroatoms. The zero-order valence-electron chi connectivity index (χ0n) is 16.9. The number of rotatable bonds is 11. The maximum Gasteiger partial charge on any atom is 0.224 e. The second-order valence-electron chi connectivity index (χ2n) is 6.43. The van der Waals surface area contributed by atoms with Gasteiger partial charge in [-0.1, -0.05) is 0 Å². The molecule has 0 radical (unpaired) electrons. The highest BCUT2D eigenvalue weighted by Crippen LogP contribution is 2.03. The predicted octanol–water partition coefficient (Wildman–Crippen LogP) is 1.92. The van der Waals surface area contributed by atoms with Crippen LogP contribution in [0.2, 0.25) is 0 Å². The summed E-state index contributed by atoms with van der Waals surface area (Å²) in [7, 11) is 0. The molecular weight excluding hydrogens is 302 g/mol. The van der Waals surface area contributed by atoms with Crippen molar-refractivity contribution in [3.8, 4) is 0 Å². The average Bonchev–Trinajstić information content (AvgIpc) is 2.51. The number of hydrogen-bond donors (Lipinski definition) is 2. The molecule has 0 bridgehead atoms. The van der Waals surface area contributed by atoms with Gasteiger partial charge < -0.3 is 15.5 Å². The highest BCUT2D eigenvalue weighted by molar-refractivity contribution is 5.81. The summed E-state index contributed by atoms with van der Waals surface area (Å²) in [6.07, 6.45) is 0.496. The molecule has 0 spiro atoms. The summed E-state index contributed by atoms with van der Waals surface area (Å²) < 4.78 is 0. The number of nitrogens with one attached hydrogen (secondary N) is 2. The molecular formula is C18H39N5O. The minimum absolute atomic E-state index is 0.189. The Morgan fingerprint density at radius 1 is 1.00 bits per heavy atom. The minimum Gasteiger partial charge on any atom is -0.357 e. The van der Waals surface area contributed by atoms with Gasteiger partial charge in [0.05, 0.1) is 6.54 Å². The topological polar surface area (TPSA) is 60.0 Å². The van der Waals surface area contributed by atoms with Gasteiger partial charge in [0.2, 0.25) is 5.91 Å². The molecule has 0 aromatic rings. The van der Waals surface area contributed by atoms with E-state index in [1.54, 1.807) is 0 Å². The molecule has 0 aromatic heterocycles. The average molecular weight is 342 g/mol. The fraction of sp³-hybridized carbons (Fsp3) is 0.889. The van der Waals surface area contributed by atoms with Crippen LogP contribution in [0.5, 0.6) is 0 Å². The molecule has 0 aromatic carbocycles. The summed E-state index contributed by atoms with van der Waals surface area (Å²) in [4.78, 5) is 20.9. The fourth-order valence-corrected chi connectivity index (χ4v) is 2.75. The molecule has 0 aliphatic carbocycles. The molecule has 0 aliphatic heterocycles. The number of nitrogens with zero attached hydrogens (tertiary/aromatic N) is 3. The summed E-state index contributed by atoms with van der Waals surface area (Å²) in [5.41, 5.74) is 0. The maximum absolute atomic E-state index is 12.0. The first-order valence-corrected chi connectivity index (χ1v) is 9.42. The van der Waals surface area contributed by atoms with Gasteiger partial charge >= 0.3 is 0 Å². The molecule has 142 valence electrons. The van der Waals surface area contributed by atoms with Crippen LogP contribution in [-0.4, -0.2) is 73.0 Å². The van der Waals surface area contributed by atoms with Gasteiger partial charge in [0.15, 0.2) is 5.96 Å². The van der Waals surface area contributed by atoms with Crippen molar-refractivity contribution in [2.75, 3.05) is 39.3 Å². The molecule has 24 heavy (non-hydrogen) atoms. The summed E-state index contributed by atoms with van der Waals surface area (Å²) in [6.45, 7) is 19.6. The number of carbonyl (C=O) groups is 1. The van der Waals surface area contributed by atoms with Crippen molar-refractivity contribution >= 4 is 11.9 Å². The molecule has 0 saturated carbocycles. The van der Waals surface area contributed by atoms with Gasteiger partial charge in [0.25, 0.3) is 0 Å². The van der Waals surface area contributed by atoms with Crippen molar-refractivity contribution in [2.24, 2.45) is 4.99 Å². The summed E-state index contributed by atoms with van der Waals surface area (Å²) in [5.74, 6) is 0.978. The fourth-order valence-electron chi connectivity index (χ4n) is 2.75. The Morgan fingerprint density at radius 3 is 2.04 bits per heavy atom. The lowest BCUT2D eigenvalue weighted by Crippen LogP contribution is -2.42. The molecule has 0 heterocycles. The van der Waals surface area contributed by atoms with Gasteiger partial charge in [-0.3, -0.25) is 14.7 Å². The van der Waals surface area contributed by atoms with Gasteiger partial charge in [-0.15, -0.1) is 0 Å². The number of carbonyl (C=O) groups excluding carboxylic acids is 1. The van der Waals surface area contributed by atoms with E-state index in [9.17, 15) is 4.79 Å². The third-order valence-corrected chi connectivity index (χ3v) is 4.05. The van der Waals surface area contributed by atoms with Gasteiger partial charge in [-0.05, 0) is 48.5 Å². The lowest BCUT2D eigenvalue weighted by molar-refractivity contribution is -0.130. The Hall–Kier alpha value is -1.30. The Morgan fingerprint density at radius 2 is 1.58 bits per heavy atom. The molecule has 0 aliphatic rings. The van der Waals surface area contributed by atoms with Gasteiger partial charge in [0, 0.05) is 51.2 Å². The number of hydrogen-bond acceptors (Lipinski definition) is 3. The molecule has 1 amide bonds. The second kappa shape index (κ2) is 13.0. The van der Waals surface area contributed by atoms with Crippen molar-refractivity contribution in [2.45, 2.75) is 67.0 Å². The lowest BCUT2D eigenvalue weighted by atomic mass is 10.2. The van der Waals surface area contributed by atoms with E-state index in [0.29, 0.717) is 25.0 Å². The Kier molecular flexibility index (Phi) is 12.3. The SMILES string of the molecule is CCNC(=NCCN(C(C)C)C(C)C)NCCC(=O)N(CC)CC. The van der Waals surface area contributed by atoms with E-state index in [0.717, 1.165) is 38.7 Å².